The summed E-state index contributed by atoms with van der Waals surface area (Å²) in [6.07, 6.45) is 4.10. The molecule has 0 radical (unpaired) electrons. The number of nitrogens with one attached hydrogen (secondary N) is 3. The predicted molar refractivity (Wildman–Crippen MR) is 118 cm³/mol. The third-order valence-electron chi connectivity index (χ3n) is 5.38. The minimum absolute atomic E-state index is 0.0109. The van der Waals surface area contributed by atoms with E-state index in [2.05, 4.69) is 48.0 Å². The van der Waals surface area contributed by atoms with E-state index in [1.165, 1.54) is 10.3 Å². The normalized spacial score (nSPS) is 18.0. The largest absolute Gasteiger partial charge is 0.353 e. The molecule has 0 saturated carbocycles. The molecule has 0 aliphatic carbocycles. The SMILES string of the molecule is CCC(=O)N[C@H](CNC(=O)C1CCCCN1)Cc1nc2ccc(C(C)C)cc2s1. The molecule has 3 N–H and O–H groups in total. The number of carbonyl (C=O) groups excluding carboxylic acids is 2. The van der Waals surface area contributed by atoms with Gasteiger partial charge in [-0.05, 0) is 43.0 Å². The third kappa shape index (κ3) is 6.00. The molecule has 0 bridgehead atoms. The van der Waals surface area contributed by atoms with Gasteiger partial charge >= 0.3 is 0 Å². The Kier molecular flexibility index (Phi) is 7.61. The number of nitrogens with zero attached hydrogens (tertiary/aromatic N) is 1. The molecule has 6 nitrogen and oxygen atoms in total. The molecule has 7 heteroatoms. The molecule has 0 spiro atoms. The van der Waals surface area contributed by atoms with Crippen molar-refractivity contribution in [3.05, 3.63) is 28.8 Å². The van der Waals surface area contributed by atoms with Crippen LogP contribution in [0.2, 0.25) is 0 Å². The molecule has 1 saturated heterocycles. The molecule has 1 aliphatic rings. The lowest BCUT2D eigenvalue weighted by atomic mass is 10.0. The zero-order valence-electron chi connectivity index (χ0n) is 17.6. The Labute approximate surface area is 176 Å². The van der Waals surface area contributed by atoms with Gasteiger partial charge in [0, 0.05) is 19.4 Å². The maximum Gasteiger partial charge on any atom is 0.237 e. The van der Waals surface area contributed by atoms with Gasteiger partial charge in [-0.3, -0.25) is 9.59 Å². The van der Waals surface area contributed by atoms with Gasteiger partial charge in [0.05, 0.1) is 27.3 Å². The number of amides is 2. The fourth-order valence-corrected chi connectivity index (χ4v) is 4.67. The third-order valence-corrected chi connectivity index (χ3v) is 6.42. The Morgan fingerprint density at radius 3 is 2.83 bits per heavy atom. The van der Waals surface area contributed by atoms with Gasteiger partial charge in [-0.25, -0.2) is 4.98 Å². The maximum absolute atomic E-state index is 12.5. The number of fused-ring (bicyclic) bond motifs is 1. The Bertz CT molecular complexity index is 842. The van der Waals surface area contributed by atoms with Crippen molar-refractivity contribution in [2.45, 2.75) is 70.9 Å². The van der Waals surface area contributed by atoms with Crippen LogP contribution in [-0.2, 0) is 16.0 Å². The van der Waals surface area contributed by atoms with E-state index >= 15 is 0 Å². The van der Waals surface area contributed by atoms with Crippen molar-refractivity contribution in [1.29, 1.82) is 0 Å². The van der Waals surface area contributed by atoms with Gasteiger partial charge in [-0.15, -0.1) is 11.3 Å². The molecule has 158 valence electrons. The van der Waals surface area contributed by atoms with E-state index in [1.54, 1.807) is 11.3 Å². The highest BCUT2D eigenvalue weighted by molar-refractivity contribution is 7.18. The highest BCUT2D eigenvalue weighted by Crippen LogP contribution is 2.27. The summed E-state index contributed by atoms with van der Waals surface area (Å²) in [6.45, 7) is 7.50. The van der Waals surface area contributed by atoms with Crippen molar-refractivity contribution < 1.29 is 9.59 Å². The summed E-state index contributed by atoms with van der Waals surface area (Å²) in [4.78, 5) is 29.2. The lowest BCUT2D eigenvalue weighted by molar-refractivity contribution is -0.125. The average Bonchev–Trinajstić information content (AvgIpc) is 3.13. The van der Waals surface area contributed by atoms with Gasteiger partial charge in [-0.2, -0.15) is 0 Å². The van der Waals surface area contributed by atoms with Crippen molar-refractivity contribution in [2.75, 3.05) is 13.1 Å². The molecule has 1 aromatic carbocycles. The van der Waals surface area contributed by atoms with Gasteiger partial charge in [0.1, 0.15) is 0 Å². The first-order valence-corrected chi connectivity index (χ1v) is 11.5. The highest BCUT2D eigenvalue weighted by atomic mass is 32.1. The molecule has 1 unspecified atom stereocenters. The molecule has 1 aliphatic heterocycles. The zero-order chi connectivity index (χ0) is 20.8. The Morgan fingerprint density at radius 1 is 1.31 bits per heavy atom. The zero-order valence-corrected chi connectivity index (χ0v) is 18.4. The minimum Gasteiger partial charge on any atom is -0.353 e. The van der Waals surface area contributed by atoms with Crippen LogP contribution in [0.1, 0.15) is 62.9 Å². The molecule has 29 heavy (non-hydrogen) atoms. The van der Waals surface area contributed by atoms with Crippen LogP contribution in [0.15, 0.2) is 18.2 Å². The Morgan fingerprint density at radius 2 is 2.14 bits per heavy atom. The molecule has 2 aromatic rings. The topological polar surface area (TPSA) is 83.1 Å². The lowest BCUT2D eigenvalue weighted by Crippen LogP contribution is -2.51. The van der Waals surface area contributed by atoms with Crippen LogP contribution in [0.4, 0.5) is 0 Å². The second-order valence-corrected chi connectivity index (χ2v) is 9.17. The molecule has 2 amide bonds. The van der Waals surface area contributed by atoms with Crippen LogP contribution in [0, 0.1) is 0 Å². The Balaban J connectivity index is 1.67. The second-order valence-electron chi connectivity index (χ2n) is 8.06. The summed E-state index contributed by atoms with van der Waals surface area (Å²) >= 11 is 1.67. The van der Waals surface area contributed by atoms with Crippen molar-refractivity contribution in [1.82, 2.24) is 20.9 Å². The quantitative estimate of drug-likeness (QED) is 0.617. The summed E-state index contributed by atoms with van der Waals surface area (Å²) in [7, 11) is 0. The highest BCUT2D eigenvalue weighted by Gasteiger charge is 2.22. The van der Waals surface area contributed by atoms with Crippen LogP contribution < -0.4 is 16.0 Å². The number of rotatable bonds is 8. The molecule has 3 rings (SSSR count). The standard InChI is InChI=1S/C22H32N4O2S/c1-4-20(27)25-16(13-24-22(28)18-7-5-6-10-23-18)12-21-26-17-9-8-15(14(2)3)11-19(17)29-21/h8-9,11,14,16,18,23H,4-7,10,12-13H2,1-3H3,(H,24,28)(H,25,27)/t16-,18?/m0/s1. The van der Waals surface area contributed by atoms with Crippen LogP contribution in [0.3, 0.4) is 0 Å². The molecule has 2 heterocycles. The van der Waals surface area contributed by atoms with Crippen LogP contribution in [-0.4, -0.2) is 42.0 Å². The average molecular weight is 417 g/mol. The van der Waals surface area contributed by atoms with Crippen LogP contribution >= 0.6 is 11.3 Å². The maximum atomic E-state index is 12.5. The molecule has 1 aromatic heterocycles. The van der Waals surface area contributed by atoms with E-state index in [0.717, 1.165) is 36.3 Å². The van der Waals surface area contributed by atoms with Gasteiger partial charge < -0.3 is 16.0 Å². The molecule has 1 fully saturated rings. The number of carbonyl (C=O) groups is 2. The van der Waals surface area contributed by atoms with Crippen molar-refractivity contribution in [3.63, 3.8) is 0 Å². The van der Waals surface area contributed by atoms with Gasteiger partial charge in [0.2, 0.25) is 11.8 Å². The van der Waals surface area contributed by atoms with E-state index in [4.69, 9.17) is 4.98 Å². The number of piperidine rings is 1. The lowest BCUT2D eigenvalue weighted by Gasteiger charge is -2.24. The summed E-state index contributed by atoms with van der Waals surface area (Å²) in [5.41, 5.74) is 2.29. The summed E-state index contributed by atoms with van der Waals surface area (Å²) in [5.74, 6) is 0.486. The minimum atomic E-state index is -0.167. The first kappa shape index (κ1) is 21.7. The first-order valence-electron chi connectivity index (χ1n) is 10.7. The number of thiazole rings is 1. The van der Waals surface area contributed by atoms with E-state index in [1.807, 2.05) is 6.92 Å². The van der Waals surface area contributed by atoms with E-state index in [0.29, 0.717) is 25.3 Å². The number of hydrogen-bond donors (Lipinski definition) is 3. The van der Waals surface area contributed by atoms with Crippen molar-refractivity contribution in [3.8, 4) is 0 Å². The van der Waals surface area contributed by atoms with Gasteiger partial charge in [0.25, 0.3) is 0 Å². The van der Waals surface area contributed by atoms with Gasteiger partial charge in [-0.1, -0.05) is 33.3 Å². The summed E-state index contributed by atoms with van der Waals surface area (Å²) < 4.78 is 1.17. The van der Waals surface area contributed by atoms with Crippen LogP contribution in [0.5, 0.6) is 0 Å². The Hall–Kier alpha value is -1.99. The summed E-state index contributed by atoms with van der Waals surface area (Å²) in [6, 6.07) is 6.12. The van der Waals surface area contributed by atoms with Crippen molar-refractivity contribution >= 4 is 33.4 Å². The molecular weight excluding hydrogens is 384 g/mol. The molecule has 2 atom stereocenters. The monoisotopic (exact) mass is 416 g/mol. The van der Waals surface area contributed by atoms with Crippen molar-refractivity contribution in [2.24, 2.45) is 0 Å². The van der Waals surface area contributed by atoms with E-state index in [-0.39, 0.29) is 23.9 Å². The fourth-order valence-electron chi connectivity index (χ4n) is 3.57. The first-order chi connectivity index (χ1) is 14.0. The predicted octanol–water partition coefficient (Wildman–Crippen LogP) is 3.12. The van der Waals surface area contributed by atoms with E-state index in [9.17, 15) is 9.59 Å². The van der Waals surface area contributed by atoms with E-state index < -0.39 is 0 Å². The fraction of sp³-hybridized carbons (Fsp3) is 0.591. The molecular formula is C22H32N4O2S. The smallest absolute Gasteiger partial charge is 0.237 e. The second kappa shape index (κ2) is 10.2. The number of benzene rings is 1. The number of hydrogen-bond acceptors (Lipinski definition) is 5. The summed E-state index contributed by atoms with van der Waals surface area (Å²) in [5, 5.41) is 10.3. The van der Waals surface area contributed by atoms with Crippen LogP contribution in [0.25, 0.3) is 10.2 Å². The number of aromatic nitrogens is 1. The van der Waals surface area contributed by atoms with Gasteiger partial charge in [0.15, 0.2) is 0 Å².